The van der Waals surface area contributed by atoms with Crippen LogP contribution in [0, 0.1) is 13.8 Å². The Hall–Kier alpha value is -2.90. The molecule has 0 atom stereocenters. The highest BCUT2D eigenvalue weighted by atomic mass is 32.2. The molecule has 0 fully saturated rings. The summed E-state index contributed by atoms with van der Waals surface area (Å²) in [5.41, 5.74) is 5.45. The van der Waals surface area contributed by atoms with Crippen molar-refractivity contribution in [2.45, 2.75) is 32.3 Å². The van der Waals surface area contributed by atoms with Crippen LogP contribution in [0.15, 0.2) is 63.9 Å². The summed E-state index contributed by atoms with van der Waals surface area (Å²) in [4.78, 5) is 30.6. The van der Waals surface area contributed by atoms with Crippen LogP contribution in [0.2, 0.25) is 0 Å². The number of fused-ring (bicyclic) bond motifs is 1. The van der Waals surface area contributed by atoms with Gasteiger partial charge < -0.3 is 5.32 Å². The SMILES string of the molecule is CCc1ccc(NC(=O)CSc2nc3ccsc3c(=O)n2-c2cccc(C)c2C)cc1. The van der Waals surface area contributed by atoms with Gasteiger partial charge in [0.05, 0.1) is 17.0 Å². The number of hydrogen-bond donors (Lipinski definition) is 1. The number of thiophene rings is 1. The lowest BCUT2D eigenvalue weighted by Gasteiger charge is -2.15. The molecular formula is C24H23N3O2S2. The first-order valence-corrected chi connectivity index (χ1v) is 11.9. The number of rotatable bonds is 6. The Balaban J connectivity index is 1.64. The standard InChI is InChI=1S/C24H23N3O2S2/c1-4-17-8-10-18(11-9-17)25-21(28)14-31-24-26-19-12-13-30-22(19)23(29)27(24)20-7-5-6-15(2)16(20)3/h5-13H,4,14H2,1-3H3,(H,25,28). The number of anilines is 1. The number of benzene rings is 2. The minimum atomic E-state index is -0.138. The van der Waals surface area contributed by atoms with E-state index in [0.29, 0.717) is 15.4 Å². The van der Waals surface area contributed by atoms with E-state index in [1.807, 2.05) is 67.8 Å². The van der Waals surface area contributed by atoms with Crippen molar-refractivity contribution in [3.63, 3.8) is 0 Å². The second-order valence-electron chi connectivity index (χ2n) is 7.28. The Morgan fingerprint density at radius 2 is 1.90 bits per heavy atom. The van der Waals surface area contributed by atoms with E-state index < -0.39 is 0 Å². The molecule has 0 radical (unpaired) electrons. The van der Waals surface area contributed by atoms with Crippen LogP contribution in [-0.4, -0.2) is 21.2 Å². The molecule has 0 aliphatic heterocycles. The maximum absolute atomic E-state index is 13.3. The largest absolute Gasteiger partial charge is 0.325 e. The Bertz CT molecular complexity index is 1310. The zero-order valence-corrected chi connectivity index (χ0v) is 19.3. The Labute approximate surface area is 189 Å². The van der Waals surface area contributed by atoms with Crippen molar-refractivity contribution < 1.29 is 4.79 Å². The Morgan fingerprint density at radius 3 is 2.65 bits per heavy atom. The monoisotopic (exact) mass is 449 g/mol. The van der Waals surface area contributed by atoms with E-state index in [9.17, 15) is 9.59 Å². The maximum Gasteiger partial charge on any atom is 0.276 e. The molecule has 4 aromatic rings. The van der Waals surface area contributed by atoms with E-state index >= 15 is 0 Å². The lowest BCUT2D eigenvalue weighted by molar-refractivity contribution is -0.113. The number of aromatic nitrogens is 2. The van der Waals surface area contributed by atoms with Gasteiger partial charge in [-0.25, -0.2) is 4.98 Å². The summed E-state index contributed by atoms with van der Waals surface area (Å²) < 4.78 is 2.25. The molecule has 31 heavy (non-hydrogen) atoms. The molecule has 0 spiro atoms. The number of hydrogen-bond acceptors (Lipinski definition) is 5. The van der Waals surface area contributed by atoms with E-state index in [0.717, 1.165) is 28.9 Å². The zero-order valence-electron chi connectivity index (χ0n) is 17.6. The number of nitrogens with zero attached hydrogens (tertiary/aromatic N) is 2. The van der Waals surface area contributed by atoms with E-state index in [4.69, 9.17) is 4.98 Å². The summed E-state index contributed by atoms with van der Waals surface area (Å²) in [6.07, 6.45) is 0.955. The minimum absolute atomic E-state index is 0.105. The van der Waals surface area contributed by atoms with Crippen LogP contribution in [0.4, 0.5) is 5.69 Å². The summed E-state index contributed by atoms with van der Waals surface area (Å²) in [6.45, 7) is 6.11. The highest BCUT2D eigenvalue weighted by molar-refractivity contribution is 7.99. The van der Waals surface area contributed by atoms with Crippen molar-refractivity contribution in [1.82, 2.24) is 9.55 Å². The molecule has 5 nitrogen and oxygen atoms in total. The first-order chi connectivity index (χ1) is 15.0. The lowest BCUT2D eigenvalue weighted by Crippen LogP contribution is -2.23. The number of nitrogens with one attached hydrogen (secondary N) is 1. The van der Waals surface area contributed by atoms with Gasteiger partial charge in [0.1, 0.15) is 4.70 Å². The molecule has 158 valence electrons. The number of aryl methyl sites for hydroxylation is 2. The topological polar surface area (TPSA) is 64.0 Å². The quantitative estimate of drug-likeness (QED) is 0.318. The summed E-state index contributed by atoms with van der Waals surface area (Å²) in [5.74, 6) is 0.0177. The molecule has 1 amide bonds. The number of thioether (sulfide) groups is 1. The lowest BCUT2D eigenvalue weighted by atomic mass is 10.1. The number of carbonyl (C=O) groups excluding carboxylic acids is 1. The summed E-state index contributed by atoms with van der Waals surface area (Å²) in [7, 11) is 0. The molecule has 7 heteroatoms. The van der Waals surface area contributed by atoms with Gasteiger partial charge in [0.15, 0.2) is 5.16 Å². The van der Waals surface area contributed by atoms with Gasteiger partial charge in [-0.2, -0.15) is 0 Å². The molecule has 1 N–H and O–H groups in total. The molecule has 0 aliphatic rings. The third-order valence-electron chi connectivity index (χ3n) is 5.24. The molecule has 0 bridgehead atoms. The van der Waals surface area contributed by atoms with Crippen LogP contribution in [-0.2, 0) is 11.2 Å². The van der Waals surface area contributed by atoms with Gasteiger partial charge in [0.2, 0.25) is 5.91 Å². The second-order valence-corrected chi connectivity index (χ2v) is 9.13. The smallest absolute Gasteiger partial charge is 0.276 e. The number of carbonyl (C=O) groups is 1. The first-order valence-electron chi connectivity index (χ1n) is 10.1. The van der Waals surface area contributed by atoms with Crippen LogP contribution < -0.4 is 10.9 Å². The fourth-order valence-electron chi connectivity index (χ4n) is 3.33. The van der Waals surface area contributed by atoms with Crippen LogP contribution in [0.25, 0.3) is 15.9 Å². The fourth-order valence-corrected chi connectivity index (χ4v) is 4.90. The first kappa shape index (κ1) is 21.3. The zero-order chi connectivity index (χ0) is 22.0. The molecule has 0 saturated heterocycles. The van der Waals surface area contributed by atoms with Crippen molar-refractivity contribution in [1.29, 1.82) is 0 Å². The van der Waals surface area contributed by atoms with Crippen LogP contribution in [0.5, 0.6) is 0 Å². The van der Waals surface area contributed by atoms with E-state index in [1.54, 1.807) is 4.57 Å². The molecule has 0 saturated carbocycles. The molecule has 2 aromatic heterocycles. The fraction of sp³-hybridized carbons (Fsp3) is 0.208. The highest BCUT2D eigenvalue weighted by Gasteiger charge is 2.17. The van der Waals surface area contributed by atoms with Crippen LogP contribution >= 0.6 is 23.1 Å². The third kappa shape index (κ3) is 4.43. The van der Waals surface area contributed by atoms with Crippen LogP contribution in [0.3, 0.4) is 0 Å². The van der Waals surface area contributed by atoms with E-state index in [2.05, 4.69) is 12.2 Å². The van der Waals surface area contributed by atoms with Crippen molar-refractivity contribution >= 4 is 44.9 Å². The molecular weight excluding hydrogens is 426 g/mol. The van der Waals surface area contributed by atoms with Crippen molar-refractivity contribution in [3.05, 3.63) is 81.0 Å². The van der Waals surface area contributed by atoms with Crippen molar-refractivity contribution in [2.24, 2.45) is 0 Å². The van der Waals surface area contributed by atoms with Crippen molar-refractivity contribution in [2.75, 3.05) is 11.1 Å². The van der Waals surface area contributed by atoms with Gasteiger partial charge >= 0.3 is 0 Å². The average molecular weight is 450 g/mol. The molecule has 4 rings (SSSR count). The van der Waals surface area contributed by atoms with Gasteiger partial charge in [-0.3, -0.25) is 14.2 Å². The molecule has 2 aromatic carbocycles. The van der Waals surface area contributed by atoms with Crippen molar-refractivity contribution in [3.8, 4) is 5.69 Å². The Kier molecular flexibility index (Phi) is 6.25. The van der Waals surface area contributed by atoms with Gasteiger partial charge in [0.25, 0.3) is 5.56 Å². The van der Waals surface area contributed by atoms with Gasteiger partial charge in [-0.1, -0.05) is 43.0 Å². The minimum Gasteiger partial charge on any atom is -0.325 e. The third-order valence-corrected chi connectivity index (χ3v) is 7.07. The normalized spacial score (nSPS) is 11.1. The van der Waals surface area contributed by atoms with Gasteiger partial charge in [-0.05, 0) is 66.6 Å². The van der Waals surface area contributed by atoms with Gasteiger partial charge in [0, 0.05) is 5.69 Å². The van der Waals surface area contributed by atoms with Gasteiger partial charge in [-0.15, -0.1) is 11.3 Å². The summed E-state index contributed by atoms with van der Waals surface area (Å²) in [5, 5.41) is 5.30. The average Bonchev–Trinajstić information content (AvgIpc) is 3.24. The molecule has 0 aliphatic carbocycles. The molecule has 0 unspecified atom stereocenters. The van der Waals surface area contributed by atoms with Crippen LogP contribution in [0.1, 0.15) is 23.6 Å². The molecule has 2 heterocycles. The Morgan fingerprint density at radius 1 is 1.13 bits per heavy atom. The van der Waals surface area contributed by atoms with E-state index in [1.165, 1.54) is 28.7 Å². The van der Waals surface area contributed by atoms with E-state index in [-0.39, 0.29) is 17.2 Å². The predicted octanol–water partition coefficient (Wildman–Crippen LogP) is 5.36. The summed E-state index contributed by atoms with van der Waals surface area (Å²) in [6, 6.07) is 15.5. The predicted molar refractivity (Wildman–Crippen MR) is 130 cm³/mol. The summed E-state index contributed by atoms with van der Waals surface area (Å²) >= 11 is 2.65. The number of amides is 1. The maximum atomic E-state index is 13.3. The second kappa shape index (κ2) is 9.08. The highest BCUT2D eigenvalue weighted by Crippen LogP contribution is 2.26.